The Morgan fingerprint density at radius 3 is 2.65 bits per heavy atom. The highest BCUT2D eigenvalue weighted by Gasteiger charge is 2.09. The van der Waals surface area contributed by atoms with Crippen molar-refractivity contribution in [1.82, 2.24) is 10.6 Å². The van der Waals surface area contributed by atoms with Gasteiger partial charge in [0.15, 0.2) is 0 Å². The Balaban J connectivity index is 2.47. The molecule has 94 valence electrons. The van der Waals surface area contributed by atoms with E-state index in [1.165, 1.54) is 0 Å². The fourth-order valence-corrected chi connectivity index (χ4v) is 1.47. The highest BCUT2D eigenvalue weighted by atomic mass is 16.3. The van der Waals surface area contributed by atoms with Crippen LogP contribution in [-0.2, 0) is 0 Å². The van der Waals surface area contributed by atoms with E-state index in [1.807, 2.05) is 20.8 Å². The van der Waals surface area contributed by atoms with E-state index in [9.17, 15) is 9.90 Å². The van der Waals surface area contributed by atoms with E-state index < -0.39 is 0 Å². The molecule has 0 fully saturated rings. The molecule has 1 aromatic rings. The predicted octanol–water partition coefficient (Wildman–Crippen LogP) is 1.43. The topological polar surface area (TPSA) is 61.4 Å². The van der Waals surface area contributed by atoms with Gasteiger partial charge in [0.05, 0.1) is 5.56 Å². The number of rotatable bonds is 5. The Morgan fingerprint density at radius 2 is 2.06 bits per heavy atom. The molecule has 3 N–H and O–H groups in total. The van der Waals surface area contributed by atoms with Gasteiger partial charge < -0.3 is 15.7 Å². The van der Waals surface area contributed by atoms with Crippen LogP contribution in [0.15, 0.2) is 18.2 Å². The molecule has 0 saturated heterocycles. The van der Waals surface area contributed by atoms with E-state index in [0.29, 0.717) is 18.2 Å². The lowest BCUT2D eigenvalue weighted by molar-refractivity contribution is 0.0951. The number of aryl methyl sites for hydroxylation is 1. The third-order valence-electron chi connectivity index (χ3n) is 2.36. The number of hydrogen-bond acceptors (Lipinski definition) is 3. The number of phenolic OH excluding ortho intramolecular Hbond substituents is 1. The standard InChI is InChI=1S/C13H20N2O2/c1-9(2)14-6-7-15-13(17)11-5-4-10(3)8-12(11)16/h4-5,8-9,14,16H,6-7H2,1-3H3,(H,15,17). The first kappa shape index (κ1) is 13.5. The van der Waals surface area contributed by atoms with Gasteiger partial charge in [-0.05, 0) is 24.6 Å². The minimum atomic E-state index is -0.243. The normalized spacial score (nSPS) is 10.6. The monoisotopic (exact) mass is 236 g/mol. The van der Waals surface area contributed by atoms with Crippen molar-refractivity contribution in [2.24, 2.45) is 0 Å². The average molecular weight is 236 g/mol. The molecule has 0 radical (unpaired) electrons. The lowest BCUT2D eigenvalue weighted by atomic mass is 10.1. The number of carbonyl (C=O) groups is 1. The first-order valence-corrected chi connectivity index (χ1v) is 5.82. The molecule has 1 amide bonds. The molecule has 0 unspecified atom stereocenters. The second-order valence-electron chi connectivity index (χ2n) is 4.39. The minimum absolute atomic E-state index is 0.0271. The van der Waals surface area contributed by atoms with Crippen LogP contribution in [0, 0.1) is 6.92 Å². The van der Waals surface area contributed by atoms with Gasteiger partial charge in [-0.25, -0.2) is 0 Å². The second kappa shape index (κ2) is 6.25. The van der Waals surface area contributed by atoms with Crippen molar-refractivity contribution in [3.63, 3.8) is 0 Å². The molecule has 1 aromatic carbocycles. The van der Waals surface area contributed by atoms with Crippen LogP contribution in [0.25, 0.3) is 0 Å². The fraction of sp³-hybridized carbons (Fsp3) is 0.462. The van der Waals surface area contributed by atoms with Crippen LogP contribution in [0.5, 0.6) is 5.75 Å². The largest absolute Gasteiger partial charge is 0.507 e. The summed E-state index contributed by atoms with van der Waals surface area (Å²) in [5.41, 5.74) is 1.25. The van der Waals surface area contributed by atoms with Gasteiger partial charge in [-0.3, -0.25) is 4.79 Å². The van der Waals surface area contributed by atoms with Crippen LogP contribution in [0.1, 0.15) is 29.8 Å². The van der Waals surface area contributed by atoms with Crippen molar-refractivity contribution in [3.8, 4) is 5.75 Å². The van der Waals surface area contributed by atoms with Gasteiger partial charge in [0, 0.05) is 19.1 Å². The van der Waals surface area contributed by atoms with Gasteiger partial charge in [0.2, 0.25) is 0 Å². The van der Waals surface area contributed by atoms with Gasteiger partial charge in [-0.15, -0.1) is 0 Å². The number of phenols is 1. The third-order valence-corrected chi connectivity index (χ3v) is 2.36. The first-order chi connectivity index (χ1) is 8.00. The number of carbonyl (C=O) groups excluding carboxylic acids is 1. The van der Waals surface area contributed by atoms with Crippen molar-refractivity contribution in [2.45, 2.75) is 26.8 Å². The number of nitrogens with one attached hydrogen (secondary N) is 2. The van der Waals surface area contributed by atoms with E-state index in [4.69, 9.17) is 0 Å². The van der Waals surface area contributed by atoms with Gasteiger partial charge in [0.1, 0.15) is 5.75 Å². The summed E-state index contributed by atoms with van der Waals surface area (Å²) in [6, 6.07) is 5.43. The number of hydrogen-bond donors (Lipinski definition) is 3. The molecule has 17 heavy (non-hydrogen) atoms. The summed E-state index contributed by atoms with van der Waals surface area (Å²) in [5, 5.41) is 15.6. The third kappa shape index (κ3) is 4.44. The summed E-state index contributed by atoms with van der Waals surface area (Å²) >= 11 is 0. The van der Waals surface area contributed by atoms with Crippen LogP contribution in [-0.4, -0.2) is 30.1 Å². The molecule has 0 aromatic heterocycles. The smallest absolute Gasteiger partial charge is 0.255 e. The Morgan fingerprint density at radius 1 is 1.35 bits per heavy atom. The molecule has 4 nitrogen and oxygen atoms in total. The van der Waals surface area contributed by atoms with E-state index >= 15 is 0 Å². The highest BCUT2D eigenvalue weighted by Crippen LogP contribution is 2.17. The molecule has 0 aliphatic carbocycles. The van der Waals surface area contributed by atoms with Gasteiger partial charge >= 0.3 is 0 Å². The van der Waals surface area contributed by atoms with Crippen molar-refractivity contribution in [1.29, 1.82) is 0 Å². The molecule has 4 heteroatoms. The summed E-state index contributed by atoms with van der Waals surface area (Å²) in [5.74, 6) is -0.215. The Labute approximate surface area is 102 Å². The lowest BCUT2D eigenvalue weighted by Crippen LogP contribution is -2.34. The number of amides is 1. The van der Waals surface area contributed by atoms with E-state index in [1.54, 1.807) is 18.2 Å². The van der Waals surface area contributed by atoms with Crippen LogP contribution < -0.4 is 10.6 Å². The maximum atomic E-state index is 11.7. The summed E-state index contributed by atoms with van der Waals surface area (Å²) in [4.78, 5) is 11.7. The van der Waals surface area contributed by atoms with E-state index in [-0.39, 0.29) is 11.7 Å². The zero-order chi connectivity index (χ0) is 12.8. The second-order valence-corrected chi connectivity index (χ2v) is 4.39. The molecule has 0 saturated carbocycles. The first-order valence-electron chi connectivity index (χ1n) is 5.82. The van der Waals surface area contributed by atoms with Crippen molar-refractivity contribution in [2.75, 3.05) is 13.1 Å². The summed E-state index contributed by atoms with van der Waals surface area (Å²) in [6.07, 6.45) is 0. The maximum absolute atomic E-state index is 11.7. The Bertz CT molecular complexity index is 389. The summed E-state index contributed by atoms with van der Waals surface area (Å²) < 4.78 is 0. The van der Waals surface area contributed by atoms with Gasteiger partial charge in [-0.2, -0.15) is 0 Å². The van der Waals surface area contributed by atoms with Crippen molar-refractivity contribution >= 4 is 5.91 Å². The molecule has 0 heterocycles. The number of benzene rings is 1. The molecule has 0 aliphatic heterocycles. The molecule has 0 spiro atoms. The Kier molecular flexibility index (Phi) is 4.97. The quantitative estimate of drug-likeness (QED) is 0.678. The molecule has 0 atom stereocenters. The van der Waals surface area contributed by atoms with Crippen molar-refractivity contribution in [3.05, 3.63) is 29.3 Å². The number of aromatic hydroxyl groups is 1. The highest BCUT2D eigenvalue weighted by molar-refractivity contribution is 5.96. The zero-order valence-electron chi connectivity index (χ0n) is 10.6. The predicted molar refractivity (Wildman–Crippen MR) is 68.3 cm³/mol. The summed E-state index contributed by atoms with van der Waals surface area (Å²) in [7, 11) is 0. The fourth-order valence-electron chi connectivity index (χ4n) is 1.47. The van der Waals surface area contributed by atoms with Gasteiger partial charge in [0.25, 0.3) is 5.91 Å². The molecular formula is C13H20N2O2. The van der Waals surface area contributed by atoms with Crippen molar-refractivity contribution < 1.29 is 9.90 Å². The lowest BCUT2D eigenvalue weighted by Gasteiger charge is -2.10. The average Bonchev–Trinajstić information content (AvgIpc) is 2.23. The van der Waals surface area contributed by atoms with Crippen LogP contribution in [0.3, 0.4) is 0 Å². The van der Waals surface area contributed by atoms with Gasteiger partial charge in [-0.1, -0.05) is 19.9 Å². The van der Waals surface area contributed by atoms with E-state index in [0.717, 1.165) is 12.1 Å². The van der Waals surface area contributed by atoms with Crippen LogP contribution in [0.2, 0.25) is 0 Å². The molecule has 0 bridgehead atoms. The van der Waals surface area contributed by atoms with Crippen LogP contribution >= 0.6 is 0 Å². The molecular weight excluding hydrogens is 216 g/mol. The molecule has 0 aliphatic rings. The zero-order valence-corrected chi connectivity index (χ0v) is 10.6. The SMILES string of the molecule is Cc1ccc(C(=O)NCCNC(C)C)c(O)c1. The van der Waals surface area contributed by atoms with Crippen LogP contribution in [0.4, 0.5) is 0 Å². The van der Waals surface area contributed by atoms with E-state index in [2.05, 4.69) is 10.6 Å². The minimum Gasteiger partial charge on any atom is -0.507 e. The maximum Gasteiger partial charge on any atom is 0.255 e. The Hall–Kier alpha value is -1.55. The molecule has 1 rings (SSSR count). The summed E-state index contributed by atoms with van der Waals surface area (Å²) in [6.45, 7) is 7.23.